The average molecular weight is 537 g/mol. The second-order valence-corrected chi connectivity index (χ2v) is 10.6. The summed E-state index contributed by atoms with van der Waals surface area (Å²) in [6.45, 7) is 4.21. The average Bonchev–Trinajstić information content (AvgIpc) is 3.38. The molecule has 208 valence electrons. The SMILES string of the molecule is COc1cc(C(=O)NCCC(F)(F)F)ccc1Nc1ncc2c(n1)N(C1CCCC1)CC(C)(C)C(O)N2C. The maximum atomic E-state index is 12.4. The van der Waals surface area contributed by atoms with Gasteiger partial charge in [0.05, 0.1) is 25.4 Å². The molecule has 1 fully saturated rings. The van der Waals surface area contributed by atoms with E-state index in [9.17, 15) is 23.1 Å². The molecule has 0 saturated heterocycles. The lowest BCUT2D eigenvalue weighted by Crippen LogP contribution is -2.48. The number of amides is 1. The molecule has 1 aromatic carbocycles. The van der Waals surface area contributed by atoms with E-state index < -0.39 is 36.7 Å². The number of aromatic nitrogens is 2. The van der Waals surface area contributed by atoms with Crippen molar-refractivity contribution in [2.75, 3.05) is 42.4 Å². The number of halogens is 3. The van der Waals surface area contributed by atoms with Gasteiger partial charge in [-0.15, -0.1) is 0 Å². The Morgan fingerprint density at radius 1 is 1.26 bits per heavy atom. The largest absolute Gasteiger partial charge is 0.495 e. The molecule has 2 aromatic rings. The van der Waals surface area contributed by atoms with Gasteiger partial charge < -0.3 is 30.3 Å². The van der Waals surface area contributed by atoms with Gasteiger partial charge in [-0.3, -0.25) is 4.79 Å². The van der Waals surface area contributed by atoms with Crippen LogP contribution >= 0.6 is 0 Å². The van der Waals surface area contributed by atoms with Crippen molar-refractivity contribution in [3.63, 3.8) is 0 Å². The number of aliphatic hydroxyl groups excluding tert-OH is 1. The summed E-state index contributed by atoms with van der Waals surface area (Å²) in [5.41, 5.74) is 0.987. The van der Waals surface area contributed by atoms with E-state index in [4.69, 9.17) is 9.72 Å². The Bertz CT molecular complexity index is 1150. The molecule has 1 aliphatic carbocycles. The van der Waals surface area contributed by atoms with E-state index in [0.29, 0.717) is 30.0 Å². The zero-order valence-electron chi connectivity index (χ0n) is 22.1. The minimum absolute atomic E-state index is 0.169. The molecular weight excluding hydrogens is 501 g/mol. The van der Waals surface area contributed by atoms with Gasteiger partial charge in [0.1, 0.15) is 17.7 Å². The van der Waals surface area contributed by atoms with Gasteiger partial charge >= 0.3 is 6.18 Å². The van der Waals surface area contributed by atoms with E-state index in [1.54, 1.807) is 17.2 Å². The number of fused-ring (bicyclic) bond motifs is 1. The third-order valence-electron chi connectivity index (χ3n) is 7.22. The highest BCUT2D eigenvalue weighted by atomic mass is 19.4. The van der Waals surface area contributed by atoms with Gasteiger partial charge in [0, 0.05) is 37.2 Å². The van der Waals surface area contributed by atoms with Crippen LogP contribution in [0.5, 0.6) is 5.75 Å². The summed E-state index contributed by atoms with van der Waals surface area (Å²) >= 11 is 0. The normalized spacial score (nSPS) is 19.6. The van der Waals surface area contributed by atoms with E-state index in [-0.39, 0.29) is 5.56 Å². The zero-order valence-corrected chi connectivity index (χ0v) is 22.1. The highest BCUT2D eigenvalue weighted by molar-refractivity contribution is 5.95. The van der Waals surface area contributed by atoms with Crippen molar-refractivity contribution in [2.45, 2.75) is 64.4 Å². The minimum Gasteiger partial charge on any atom is -0.495 e. The number of rotatable bonds is 7. The van der Waals surface area contributed by atoms with Gasteiger partial charge in [-0.1, -0.05) is 26.7 Å². The molecule has 1 saturated carbocycles. The number of nitrogens with one attached hydrogen (secondary N) is 2. The molecule has 1 amide bonds. The van der Waals surface area contributed by atoms with Crippen LogP contribution in [-0.4, -0.2) is 66.7 Å². The quantitative estimate of drug-likeness (QED) is 0.477. The third-order valence-corrected chi connectivity index (χ3v) is 7.22. The number of anilines is 4. The minimum atomic E-state index is -4.34. The molecule has 38 heavy (non-hydrogen) atoms. The molecule has 1 aromatic heterocycles. The van der Waals surface area contributed by atoms with Crippen molar-refractivity contribution in [3.05, 3.63) is 30.0 Å². The maximum Gasteiger partial charge on any atom is 0.390 e. The Kier molecular flexibility index (Phi) is 7.91. The monoisotopic (exact) mass is 536 g/mol. The van der Waals surface area contributed by atoms with E-state index in [1.165, 1.54) is 19.2 Å². The Hall–Kier alpha value is -3.28. The van der Waals surface area contributed by atoms with Gasteiger partial charge in [0.25, 0.3) is 5.91 Å². The molecule has 1 atom stereocenters. The number of alkyl halides is 3. The van der Waals surface area contributed by atoms with Gasteiger partial charge in [-0.2, -0.15) is 18.2 Å². The smallest absolute Gasteiger partial charge is 0.390 e. The molecular formula is C26H35F3N6O3. The van der Waals surface area contributed by atoms with Crippen molar-refractivity contribution >= 4 is 29.0 Å². The molecule has 2 aliphatic rings. The van der Waals surface area contributed by atoms with Crippen LogP contribution in [0.1, 0.15) is 56.3 Å². The molecule has 12 heteroatoms. The summed E-state index contributed by atoms with van der Waals surface area (Å²) in [6.07, 6.45) is -0.0611. The second-order valence-electron chi connectivity index (χ2n) is 10.6. The number of methoxy groups -OCH3 is 1. The number of carbonyl (C=O) groups is 1. The molecule has 1 aliphatic heterocycles. The predicted molar refractivity (Wildman–Crippen MR) is 139 cm³/mol. The van der Waals surface area contributed by atoms with Crippen LogP contribution in [0.2, 0.25) is 0 Å². The van der Waals surface area contributed by atoms with Crippen molar-refractivity contribution < 1.29 is 27.8 Å². The van der Waals surface area contributed by atoms with Crippen LogP contribution in [0.4, 0.5) is 36.3 Å². The molecule has 1 unspecified atom stereocenters. The van der Waals surface area contributed by atoms with E-state index in [2.05, 4.69) is 20.5 Å². The first-order valence-electron chi connectivity index (χ1n) is 12.7. The second kappa shape index (κ2) is 10.8. The number of carbonyl (C=O) groups excluding carboxylic acids is 1. The Balaban J connectivity index is 1.59. The topological polar surface area (TPSA) is 103 Å². The fourth-order valence-corrected chi connectivity index (χ4v) is 5.13. The first kappa shape index (κ1) is 27.7. The molecule has 9 nitrogen and oxygen atoms in total. The first-order valence-corrected chi connectivity index (χ1v) is 12.7. The van der Waals surface area contributed by atoms with Crippen LogP contribution in [0.3, 0.4) is 0 Å². The lowest BCUT2D eigenvalue weighted by Gasteiger charge is -2.37. The van der Waals surface area contributed by atoms with Crippen LogP contribution in [0.15, 0.2) is 24.4 Å². The fourth-order valence-electron chi connectivity index (χ4n) is 5.13. The number of aliphatic hydroxyl groups is 1. The highest BCUT2D eigenvalue weighted by Crippen LogP contribution is 2.42. The molecule has 0 radical (unpaired) electrons. The van der Waals surface area contributed by atoms with Crippen LogP contribution in [0, 0.1) is 5.41 Å². The molecule has 2 heterocycles. The summed E-state index contributed by atoms with van der Waals surface area (Å²) in [5.74, 6) is 0.737. The van der Waals surface area contributed by atoms with Gasteiger partial charge in [0.2, 0.25) is 5.95 Å². The molecule has 4 rings (SSSR count). The van der Waals surface area contributed by atoms with Gasteiger partial charge in [-0.25, -0.2) is 4.98 Å². The van der Waals surface area contributed by atoms with Crippen molar-refractivity contribution in [2.24, 2.45) is 5.41 Å². The predicted octanol–water partition coefficient (Wildman–Crippen LogP) is 4.45. The van der Waals surface area contributed by atoms with E-state index >= 15 is 0 Å². The van der Waals surface area contributed by atoms with E-state index in [1.807, 2.05) is 20.9 Å². The van der Waals surface area contributed by atoms with E-state index in [0.717, 1.165) is 37.2 Å². The van der Waals surface area contributed by atoms with Gasteiger partial charge in [0.15, 0.2) is 5.82 Å². The lowest BCUT2D eigenvalue weighted by molar-refractivity contribution is -0.132. The number of nitrogens with zero attached hydrogens (tertiary/aromatic N) is 4. The zero-order chi connectivity index (χ0) is 27.7. The summed E-state index contributed by atoms with van der Waals surface area (Å²) in [7, 11) is 3.27. The highest BCUT2D eigenvalue weighted by Gasteiger charge is 2.41. The van der Waals surface area contributed by atoms with Crippen LogP contribution in [-0.2, 0) is 0 Å². The first-order chi connectivity index (χ1) is 17.9. The number of ether oxygens (including phenoxy) is 1. The Labute approximate surface area is 220 Å². The van der Waals surface area contributed by atoms with Gasteiger partial charge in [-0.05, 0) is 31.0 Å². The van der Waals surface area contributed by atoms with Crippen LogP contribution < -0.4 is 25.2 Å². The van der Waals surface area contributed by atoms with Crippen molar-refractivity contribution in [1.82, 2.24) is 15.3 Å². The summed E-state index contributed by atoms with van der Waals surface area (Å²) in [6, 6.07) is 4.86. The van der Waals surface area contributed by atoms with Crippen molar-refractivity contribution in [3.8, 4) is 5.75 Å². The van der Waals surface area contributed by atoms with Crippen molar-refractivity contribution in [1.29, 1.82) is 0 Å². The Morgan fingerprint density at radius 3 is 2.63 bits per heavy atom. The summed E-state index contributed by atoms with van der Waals surface area (Å²) in [5, 5.41) is 16.5. The lowest BCUT2D eigenvalue weighted by atomic mass is 9.89. The third kappa shape index (κ3) is 6.06. The standard InChI is InChI=1S/C26H35F3N6O3/c1-25(2)15-35(17-7-5-6-8-17)21-19(34(3)23(25)37)14-31-24(33-21)32-18-10-9-16(13-20(18)38-4)22(36)30-12-11-26(27,28)29/h9-10,13-14,17,23,37H,5-8,11-12,15H2,1-4H3,(H,30,36)(H,31,32,33). The maximum absolute atomic E-state index is 12.4. The number of benzene rings is 1. The molecule has 0 spiro atoms. The summed E-state index contributed by atoms with van der Waals surface area (Å²) in [4.78, 5) is 25.7. The molecule has 3 N–H and O–H groups in total. The van der Waals surface area contributed by atoms with Crippen LogP contribution in [0.25, 0.3) is 0 Å². The number of hydrogen-bond donors (Lipinski definition) is 3. The Morgan fingerprint density at radius 2 is 1.97 bits per heavy atom. The summed E-state index contributed by atoms with van der Waals surface area (Å²) < 4.78 is 42.6. The molecule has 0 bridgehead atoms. The fraction of sp³-hybridized carbons (Fsp3) is 0.577. The number of hydrogen-bond acceptors (Lipinski definition) is 8.